The van der Waals surface area contributed by atoms with Crippen LogP contribution in [0.3, 0.4) is 0 Å². The van der Waals surface area contributed by atoms with Crippen LogP contribution in [0.2, 0.25) is 0 Å². The molecule has 2 amide bonds. The molecule has 0 fully saturated rings. The van der Waals surface area contributed by atoms with E-state index in [1.165, 1.54) is 4.90 Å². The molecule has 26 heavy (non-hydrogen) atoms. The van der Waals surface area contributed by atoms with Crippen LogP contribution < -0.4 is 15.0 Å². The molecule has 0 radical (unpaired) electrons. The number of hydrogen-bond acceptors (Lipinski definition) is 3. The number of nitrogens with zero attached hydrogens (tertiary/aromatic N) is 1. The van der Waals surface area contributed by atoms with E-state index in [4.69, 9.17) is 4.74 Å². The lowest BCUT2D eigenvalue weighted by molar-refractivity contribution is -0.121. The Morgan fingerprint density at radius 3 is 2.69 bits per heavy atom. The highest BCUT2D eigenvalue weighted by Crippen LogP contribution is 2.31. The Morgan fingerprint density at radius 2 is 1.77 bits per heavy atom. The Balaban J connectivity index is 1.59. The number of rotatable bonds is 3. The van der Waals surface area contributed by atoms with E-state index in [-0.39, 0.29) is 24.8 Å². The van der Waals surface area contributed by atoms with Crippen molar-refractivity contribution in [1.82, 2.24) is 0 Å². The minimum Gasteiger partial charge on any atom is -0.491 e. The van der Waals surface area contributed by atoms with E-state index < -0.39 is 0 Å². The number of ether oxygens (including phenoxy) is 1. The van der Waals surface area contributed by atoms with E-state index in [0.717, 1.165) is 16.5 Å². The fraction of sp³-hybridized carbons (Fsp3) is 0.143. The number of amides is 2. The standard InChI is InChI=1S/C21H18N2O3/c24-20(22-17-9-5-7-15-6-1-2-8-16(15)17)14-23-18-10-3-4-11-19(18)26-13-12-21(23)25/h1-11H,12-14H2,(H,22,24). The van der Waals surface area contributed by atoms with E-state index >= 15 is 0 Å². The van der Waals surface area contributed by atoms with Crippen LogP contribution in [0.1, 0.15) is 6.42 Å². The van der Waals surface area contributed by atoms with Gasteiger partial charge < -0.3 is 10.1 Å². The van der Waals surface area contributed by atoms with E-state index in [1.807, 2.05) is 60.7 Å². The molecule has 0 atom stereocenters. The number of fused-ring (bicyclic) bond motifs is 2. The average Bonchev–Trinajstić information content (AvgIpc) is 2.81. The highest BCUT2D eigenvalue weighted by molar-refractivity contribution is 6.07. The lowest BCUT2D eigenvalue weighted by Crippen LogP contribution is -2.37. The van der Waals surface area contributed by atoms with Crippen molar-refractivity contribution < 1.29 is 14.3 Å². The molecule has 0 bridgehead atoms. The van der Waals surface area contributed by atoms with Crippen molar-refractivity contribution in [3.05, 3.63) is 66.7 Å². The van der Waals surface area contributed by atoms with Crippen molar-refractivity contribution in [3.63, 3.8) is 0 Å². The molecule has 0 aromatic heterocycles. The summed E-state index contributed by atoms with van der Waals surface area (Å²) in [5.74, 6) is 0.255. The number of para-hydroxylation sites is 2. The number of nitrogens with one attached hydrogen (secondary N) is 1. The molecule has 3 aromatic carbocycles. The quantitative estimate of drug-likeness (QED) is 0.788. The lowest BCUT2D eigenvalue weighted by Gasteiger charge is -2.21. The number of hydrogen-bond donors (Lipinski definition) is 1. The van der Waals surface area contributed by atoms with Crippen molar-refractivity contribution in [2.45, 2.75) is 6.42 Å². The minimum atomic E-state index is -0.244. The van der Waals surface area contributed by atoms with Crippen molar-refractivity contribution >= 4 is 34.0 Å². The molecule has 1 aliphatic rings. The van der Waals surface area contributed by atoms with Crippen LogP contribution in [-0.2, 0) is 9.59 Å². The SMILES string of the molecule is O=C(CN1C(=O)CCOc2ccccc21)Nc1cccc2ccccc12. The highest BCUT2D eigenvalue weighted by Gasteiger charge is 2.25. The first kappa shape index (κ1) is 16.1. The molecule has 1 aliphatic heterocycles. The van der Waals surface area contributed by atoms with Gasteiger partial charge in [-0.2, -0.15) is 0 Å². The van der Waals surface area contributed by atoms with Crippen LogP contribution in [0.4, 0.5) is 11.4 Å². The number of anilines is 2. The van der Waals surface area contributed by atoms with Crippen LogP contribution in [0.5, 0.6) is 5.75 Å². The maximum absolute atomic E-state index is 12.6. The summed E-state index contributed by atoms with van der Waals surface area (Å²) in [6, 6.07) is 20.9. The van der Waals surface area contributed by atoms with E-state index in [1.54, 1.807) is 6.07 Å². The first-order chi connectivity index (χ1) is 12.7. The van der Waals surface area contributed by atoms with Gasteiger partial charge in [-0.25, -0.2) is 0 Å². The Hall–Kier alpha value is -3.34. The van der Waals surface area contributed by atoms with E-state index in [0.29, 0.717) is 18.0 Å². The van der Waals surface area contributed by atoms with Crippen LogP contribution in [0.25, 0.3) is 10.8 Å². The van der Waals surface area contributed by atoms with Crippen molar-refractivity contribution in [2.75, 3.05) is 23.4 Å². The molecule has 130 valence electrons. The molecular formula is C21H18N2O3. The Kier molecular flexibility index (Phi) is 4.27. The molecule has 1 heterocycles. The normalized spacial score (nSPS) is 13.7. The Morgan fingerprint density at radius 1 is 1.00 bits per heavy atom. The zero-order chi connectivity index (χ0) is 17.9. The number of carbonyl (C=O) groups is 2. The third-order valence-corrected chi connectivity index (χ3v) is 4.40. The van der Waals surface area contributed by atoms with Crippen molar-refractivity contribution in [3.8, 4) is 5.75 Å². The molecule has 0 aliphatic carbocycles. The van der Waals surface area contributed by atoms with Crippen LogP contribution >= 0.6 is 0 Å². The molecule has 5 heteroatoms. The first-order valence-electron chi connectivity index (χ1n) is 8.52. The average molecular weight is 346 g/mol. The van der Waals surface area contributed by atoms with Gasteiger partial charge in [0.25, 0.3) is 0 Å². The Labute approximate surface area is 151 Å². The molecule has 0 saturated heterocycles. The predicted octanol–water partition coefficient (Wildman–Crippen LogP) is 3.59. The van der Waals surface area contributed by atoms with Gasteiger partial charge in [0.15, 0.2) is 0 Å². The van der Waals surface area contributed by atoms with Crippen molar-refractivity contribution in [2.24, 2.45) is 0 Å². The third kappa shape index (κ3) is 3.11. The van der Waals surface area contributed by atoms with Gasteiger partial charge in [0.1, 0.15) is 12.3 Å². The van der Waals surface area contributed by atoms with E-state index in [9.17, 15) is 9.59 Å². The van der Waals surface area contributed by atoms with Crippen LogP contribution in [0, 0.1) is 0 Å². The second-order valence-electron chi connectivity index (χ2n) is 6.12. The topological polar surface area (TPSA) is 58.6 Å². The van der Waals surface area contributed by atoms with Gasteiger partial charge in [0, 0.05) is 11.1 Å². The summed E-state index contributed by atoms with van der Waals surface area (Å²) < 4.78 is 5.61. The molecule has 0 saturated carbocycles. The monoisotopic (exact) mass is 346 g/mol. The molecule has 4 rings (SSSR count). The maximum atomic E-state index is 12.6. The molecule has 3 aromatic rings. The van der Waals surface area contributed by atoms with Gasteiger partial charge >= 0.3 is 0 Å². The lowest BCUT2D eigenvalue weighted by atomic mass is 10.1. The zero-order valence-electron chi connectivity index (χ0n) is 14.1. The van der Waals surface area contributed by atoms with Gasteiger partial charge in [0.05, 0.1) is 18.7 Å². The fourth-order valence-electron chi connectivity index (χ4n) is 3.16. The van der Waals surface area contributed by atoms with Crippen LogP contribution in [-0.4, -0.2) is 25.0 Å². The van der Waals surface area contributed by atoms with E-state index in [2.05, 4.69) is 5.32 Å². The minimum absolute atomic E-state index is 0.0531. The summed E-state index contributed by atoms with van der Waals surface area (Å²) in [4.78, 5) is 26.6. The zero-order valence-corrected chi connectivity index (χ0v) is 14.1. The number of benzene rings is 3. The first-order valence-corrected chi connectivity index (χ1v) is 8.52. The third-order valence-electron chi connectivity index (χ3n) is 4.40. The van der Waals surface area contributed by atoms with Gasteiger partial charge in [-0.3, -0.25) is 14.5 Å². The molecule has 0 unspecified atom stereocenters. The van der Waals surface area contributed by atoms with Gasteiger partial charge in [-0.15, -0.1) is 0 Å². The van der Waals surface area contributed by atoms with Gasteiger partial charge in [-0.1, -0.05) is 48.5 Å². The largest absolute Gasteiger partial charge is 0.491 e. The maximum Gasteiger partial charge on any atom is 0.244 e. The van der Waals surface area contributed by atoms with Crippen molar-refractivity contribution in [1.29, 1.82) is 0 Å². The smallest absolute Gasteiger partial charge is 0.244 e. The van der Waals surface area contributed by atoms with Gasteiger partial charge in [-0.05, 0) is 23.6 Å². The molecular weight excluding hydrogens is 328 g/mol. The summed E-state index contributed by atoms with van der Waals surface area (Å²) >= 11 is 0. The highest BCUT2D eigenvalue weighted by atomic mass is 16.5. The molecule has 0 spiro atoms. The summed E-state index contributed by atoms with van der Waals surface area (Å²) in [7, 11) is 0. The second kappa shape index (κ2) is 6.88. The van der Waals surface area contributed by atoms with Gasteiger partial charge in [0.2, 0.25) is 11.8 Å². The molecule has 5 nitrogen and oxygen atoms in total. The summed E-state index contributed by atoms with van der Waals surface area (Å²) in [5.41, 5.74) is 1.36. The number of carbonyl (C=O) groups excluding carboxylic acids is 2. The van der Waals surface area contributed by atoms with Crippen LogP contribution in [0.15, 0.2) is 66.7 Å². The second-order valence-corrected chi connectivity index (χ2v) is 6.12. The molecule has 1 N–H and O–H groups in total. The summed E-state index contributed by atoms with van der Waals surface area (Å²) in [6.07, 6.45) is 0.246. The fourth-order valence-corrected chi connectivity index (χ4v) is 3.16. The summed E-state index contributed by atoms with van der Waals surface area (Å²) in [6.45, 7) is 0.264. The summed E-state index contributed by atoms with van der Waals surface area (Å²) in [5, 5.41) is 4.95. The Bertz CT molecular complexity index is 978. The predicted molar refractivity (Wildman–Crippen MR) is 101 cm³/mol.